The molecule has 1 N–H and O–H groups in total. The van der Waals surface area contributed by atoms with Crippen LogP contribution in [0.3, 0.4) is 0 Å². The Bertz CT molecular complexity index is 679. The highest BCUT2D eigenvalue weighted by Gasteiger charge is 2.20. The lowest BCUT2D eigenvalue weighted by atomic mass is 10.2. The highest BCUT2D eigenvalue weighted by Crippen LogP contribution is 2.34. The van der Waals surface area contributed by atoms with Gasteiger partial charge in [0.2, 0.25) is 11.6 Å². The molecule has 0 bridgehead atoms. The van der Waals surface area contributed by atoms with Gasteiger partial charge in [0.05, 0.1) is 16.2 Å². The van der Waals surface area contributed by atoms with Gasteiger partial charge >= 0.3 is 5.69 Å². The quantitative estimate of drug-likeness (QED) is 0.675. The molecule has 0 amide bonds. The summed E-state index contributed by atoms with van der Waals surface area (Å²) in [6, 6.07) is 4.79. The van der Waals surface area contributed by atoms with E-state index in [1.54, 1.807) is 23.9 Å². The number of nitro benzene ring substituents is 1. The molecule has 2 rings (SSSR count). The van der Waals surface area contributed by atoms with Crippen LogP contribution >= 0.6 is 0 Å². The number of hydrogen-bond acceptors (Lipinski definition) is 5. The Labute approximate surface area is 122 Å². The van der Waals surface area contributed by atoms with Crippen molar-refractivity contribution in [2.45, 2.75) is 20.4 Å². The molecule has 2 aromatic rings. The summed E-state index contributed by atoms with van der Waals surface area (Å²) in [6.45, 7) is 4.32. The molecule has 0 saturated heterocycles. The van der Waals surface area contributed by atoms with E-state index in [1.807, 2.05) is 20.9 Å². The molecule has 0 radical (unpaired) electrons. The van der Waals surface area contributed by atoms with E-state index in [-0.39, 0.29) is 11.4 Å². The first-order valence-corrected chi connectivity index (χ1v) is 6.54. The summed E-state index contributed by atoms with van der Waals surface area (Å²) in [7, 11) is 3.58. The molecular formula is C14H18N4O3. The van der Waals surface area contributed by atoms with Gasteiger partial charge in [-0.1, -0.05) is 6.07 Å². The lowest BCUT2D eigenvalue weighted by Gasteiger charge is -2.09. The fourth-order valence-corrected chi connectivity index (χ4v) is 2.15. The van der Waals surface area contributed by atoms with Gasteiger partial charge in [-0.2, -0.15) is 5.10 Å². The average molecular weight is 290 g/mol. The predicted octanol–water partition coefficient (Wildman–Crippen LogP) is 2.46. The van der Waals surface area contributed by atoms with Crippen LogP contribution in [0.25, 0.3) is 0 Å². The van der Waals surface area contributed by atoms with Gasteiger partial charge < -0.3 is 10.1 Å². The number of hydrogen-bond donors (Lipinski definition) is 1. The van der Waals surface area contributed by atoms with E-state index in [4.69, 9.17) is 4.74 Å². The van der Waals surface area contributed by atoms with Crippen LogP contribution in [0.2, 0.25) is 0 Å². The van der Waals surface area contributed by atoms with Crippen molar-refractivity contribution in [3.8, 4) is 11.6 Å². The normalized spacial score (nSPS) is 10.7. The first kappa shape index (κ1) is 15.0. The Morgan fingerprint density at radius 2 is 2.14 bits per heavy atom. The maximum atomic E-state index is 11.1. The van der Waals surface area contributed by atoms with E-state index in [0.717, 1.165) is 16.8 Å². The molecule has 7 heteroatoms. The Hall–Kier alpha value is -2.41. The van der Waals surface area contributed by atoms with Crippen molar-refractivity contribution in [1.29, 1.82) is 0 Å². The topological polar surface area (TPSA) is 82.2 Å². The largest absolute Gasteiger partial charge is 0.432 e. The van der Waals surface area contributed by atoms with Crippen LogP contribution in [0.15, 0.2) is 18.2 Å². The molecule has 1 heterocycles. The maximum absolute atomic E-state index is 11.1. The van der Waals surface area contributed by atoms with Crippen LogP contribution in [0.1, 0.15) is 16.8 Å². The lowest BCUT2D eigenvalue weighted by molar-refractivity contribution is -0.385. The molecule has 21 heavy (non-hydrogen) atoms. The van der Waals surface area contributed by atoms with Crippen molar-refractivity contribution in [2.24, 2.45) is 7.05 Å². The second kappa shape index (κ2) is 5.92. The molecule has 7 nitrogen and oxygen atoms in total. The van der Waals surface area contributed by atoms with Gasteiger partial charge in [0.15, 0.2) is 0 Å². The molecule has 0 atom stereocenters. The SMILES string of the molecule is CNCc1c(C)nn(C)c1Oc1cc(C)ccc1[N+](=O)[O-]. The first-order valence-electron chi connectivity index (χ1n) is 6.54. The van der Waals surface area contributed by atoms with Crippen molar-refractivity contribution in [3.05, 3.63) is 45.1 Å². The summed E-state index contributed by atoms with van der Waals surface area (Å²) in [5.74, 6) is 0.732. The van der Waals surface area contributed by atoms with Gasteiger partial charge in [0, 0.05) is 19.7 Å². The second-order valence-corrected chi connectivity index (χ2v) is 4.85. The van der Waals surface area contributed by atoms with Gasteiger partial charge in [-0.15, -0.1) is 0 Å². The van der Waals surface area contributed by atoms with E-state index in [0.29, 0.717) is 12.4 Å². The number of nitrogens with one attached hydrogen (secondary N) is 1. The molecule has 0 fully saturated rings. The molecule has 1 aromatic carbocycles. The zero-order valence-electron chi connectivity index (χ0n) is 12.5. The average Bonchev–Trinajstić information content (AvgIpc) is 2.66. The van der Waals surface area contributed by atoms with Crippen LogP contribution in [-0.2, 0) is 13.6 Å². The van der Waals surface area contributed by atoms with Gasteiger partial charge in [-0.05, 0) is 32.5 Å². The summed E-state index contributed by atoms with van der Waals surface area (Å²) in [6.07, 6.45) is 0. The zero-order chi connectivity index (χ0) is 15.6. The van der Waals surface area contributed by atoms with Crippen LogP contribution in [0.4, 0.5) is 5.69 Å². The number of nitro groups is 1. The van der Waals surface area contributed by atoms with Gasteiger partial charge in [-0.25, -0.2) is 4.68 Å². The molecule has 0 spiro atoms. The number of rotatable bonds is 5. The molecule has 0 saturated carbocycles. The van der Waals surface area contributed by atoms with Gasteiger partial charge in [-0.3, -0.25) is 10.1 Å². The Morgan fingerprint density at radius 3 is 2.76 bits per heavy atom. The maximum Gasteiger partial charge on any atom is 0.311 e. The van der Waals surface area contributed by atoms with E-state index < -0.39 is 4.92 Å². The van der Waals surface area contributed by atoms with Crippen LogP contribution in [0.5, 0.6) is 11.6 Å². The highest BCUT2D eigenvalue weighted by molar-refractivity contribution is 5.50. The zero-order valence-corrected chi connectivity index (χ0v) is 12.5. The fourth-order valence-electron chi connectivity index (χ4n) is 2.15. The second-order valence-electron chi connectivity index (χ2n) is 4.85. The molecule has 1 aromatic heterocycles. The number of nitrogens with zero attached hydrogens (tertiary/aromatic N) is 3. The summed E-state index contributed by atoms with van der Waals surface area (Å²) in [5, 5.41) is 18.5. The predicted molar refractivity (Wildman–Crippen MR) is 78.6 cm³/mol. The molecule has 112 valence electrons. The summed E-state index contributed by atoms with van der Waals surface area (Å²) >= 11 is 0. The van der Waals surface area contributed by atoms with Crippen LogP contribution < -0.4 is 10.1 Å². The Balaban J connectivity index is 2.47. The smallest absolute Gasteiger partial charge is 0.311 e. The van der Waals surface area contributed by atoms with E-state index in [1.165, 1.54) is 6.07 Å². The van der Waals surface area contributed by atoms with Gasteiger partial charge in [0.25, 0.3) is 0 Å². The first-order chi connectivity index (χ1) is 9.93. The molecule has 0 aliphatic heterocycles. The van der Waals surface area contributed by atoms with Crippen molar-refractivity contribution in [3.63, 3.8) is 0 Å². The van der Waals surface area contributed by atoms with E-state index in [2.05, 4.69) is 10.4 Å². The summed E-state index contributed by atoms with van der Waals surface area (Å²) < 4.78 is 7.40. The summed E-state index contributed by atoms with van der Waals surface area (Å²) in [4.78, 5) is 10.7. The van der Waals surface area contributed by atoms with Crippen LogP contribution in [0, 0.1) is 24.0 Å². The monoisotopic (exact) mass is 290 g/mol. The summed E-state index contributed by atoms with van der Waals surface area (Å²) in [5.41, 5.74) is 2.55. The highest BCUT2D eigenvalue weighted by atomic mass is 16.6. The number of aryl methyl sites for hydroxylation is 3. The Morgan fingerprint density at radius 1 is 1.43 bits per heavy atom. The van der Waals surface area contributed by atoms with E-state index >= 15 is 0 Å². The van der Waals surface area contributed by atoms with Gasteiger partial charge in [0.1, 0.15) is 0 Å². The minimum atomic E-state index is -0.449. The minimum absolute atomic E-state index is 0.0603. The van der Waals surface area contributed by atoms with Crippen LogP contribution in [-0.4, -0.2) is 21.8 Å². The van der Waals surface area contributed by atoms with E-state index in [9.17, 15) is 10.1 Å². The number of aromatic nitrogens is 2. The minimum Gasteiger partial charge on any atom is -0.432 e. The van der Waals surface area contributed by atoms with Crippen molar-refractivity contribution < 1.29 is 9.66 Å². The molecule has 0 unspecified atom stereocenters. The third-order valence-corrected chi connectivity index (χ3v) is 3.16. The molecule has 0 aliphatic rings. The number of benzene rings is 1. The van der Waals surface area contributed by atoms with Crippen molar-refractivity contribution in [1.82, 2.24) is 15.1 Å². The lowest BCUT2D eigenvalue weighted by Crippen LogP contribution is -2.07. The molecule has 0 aliphatic carbocycles. The standard InChI is InChI=1S/C14H18N4O3/c1-9-5-6-12(18(19)20)13(7-9)21-14-11(8-15-3)10(2)16-17(14)4/h5-7,15H,8H2,1-4H3. The third-order valence-electron chi connectivity index (χ3n) is 3.16. The Kier molecular flexibility index (Phi) is 4.23. The third kappa shape index (κ3) is 3.03. The van der Waals surface area contributed by atoms with Crippen molar-refractivity contribution >= 4 is 5.69 Å². The molecular weight excluding hydrogens is 272 g/mol. The fraction of sp³-hybridized carbons (Fsp3) is 0.357. The number of ether oxygens (including phenoxy) is 1. The van der Waals surface area contributed by atoms with Crippen molar-refractivity contribution in [2.75, 3.05) is 7.05 Å².